The maximum absolute atomic E-state index is 11.6. The zero-order valence-electron chi connectivity index (χ0n) is 9.32. The fourth-order valence-corrected chi connectivity index (χ4v) is 2.06. The summed E-state index contributed by atoms with van der Waals surface area (Å²) in [5.74, 6) is -0.260. The minimum absolute atomic E-state index is 0.258. The van der Waals surface area contributed by atoms with E-state index in [-0.39, 0.29) is 12.0 Å². The van der Waals surface area contributed by atoms with Crippen LogP contribution in [0, 0.1) is 6.92 Å². The Labute approximate surface area is 95.1 Å². The summed E-state index contributed by atoms with van der Waals surface area (Å²) in [5, 5.41) is 3.16. The Morgan fingerprint density at radius 3 is 3.19 bits per heavy atom. The molecule has 0 radical (unpaired) electrons. The fraction of sp³-hybridized carbons (Fsp3) is 0.308. The molecule has 1 aliphatic heterocycles. The largest absolute Gasteiger partial charge is 0.434 e. The summed E-state index contributed by atoms with van der Waals surface area (Å²) in [6.45, 7) is 6.17. The first kappa shape index (κ1) is 10.9. The molecular weight excluding hydrogens is 202 g/mol. The van der Waals surface area contributed by atoms with Crippen LogP contribution in [0.1, 0.15) is 16.7 Å². The summed E-state index contributed by atoms with van der Waals surface area (Å²) in [6.07, 6.45) is 1.87. The van der Waals surface area contributed by atoms with Crippen LogP contribution < -0.4 is 5.32 Å². The molecule has 0 fully saturated rings. The van der Waals surface area contributed by atoms with Crippen LogP contribution in [-0.4, -0.2) is 12.0 Å². The van der Waals surface area contributed by atoms with Crippen molar-refractivity contribution in [2.45, 2.75) is 25.9 Å². The van der Waals surface area contributed by atoms with Crippen molar-refractivity contribution in [3.05, 3.63) is 47.7 Å². The topological polar surface area (TPSA) is 38.3 Å². The first-order valence-corrected chi connectivity index (χ1v) is 5.34. The van der Waals surface area contributed by atoms with E-state index in [1.165, 1.54) is 23.0 Å². The summed E-state index contributed by atoms with van der Waals surface area (Å²) < 4.78 is 4.80. The summed E-state index contributed by atoms with van der Waals surface area (Å²) in [7, 11) is 0. The van der Waals surface area contributed by atoms with E-state index in [0.29, 0.717) is 13.0 Å². The van der Waals surface area contributed by atoms with Crippen molar-refractivity contribution in [2.24, 2.45) is 0 Å². The Hall–Kier alpha value is -1.61. The molecule has 1 aliphatic rings. The van der Waals surface area contributed by atoms with Gasteiger partial charge >= 0.3 is 5.97 Å². The molecule has 0 amide bonds. The molecule has 0 spiro atoms. The number of esters is 1. The average Bonchev–Trinajstić information content (AvgIpc) is 2.29. The molecule has 1 heterocycles. The lowest BCUT2D eigenvalue weighted by Gasteiger charge is -2.25. The minimum atomic E-state index is -0.260. The van der Waals surface area contributed by atoms with Crippen LogP contribution >= 0.6 is 0 Å². The Kier molecular flexibility index (Phi) is 3.06. The highest BCUT2D eigenvalue weighted by Crippen LogP contribution is 2.20. The lowest BCUT2D eigenvalue weighted by atomic mass is 9.92. The van der Waals surface area contributed by atoms with Gasteiger partial charge < -0.3 is 4.74 Å². The molecule has 16 heavy (non-hydrogen) atoms. The quantitative estimate of drug-likeness (QED) is 0.605. The SMILES string of the molecule is C=COC(=O)C1Cc2c(C)cccc2CN1. The molecule has 3 heteroatoms. The van der Waals surface area contributed by atoms with E-state index >= 15 is 0 Å². The molecule has 84 valence electrons. The van der Waals surface area contributed by atoms with Gasteiger partial charge in [-0.05, 0) is 30.0 Å². The second kappa shape index (κ2) is 4.49. The van der Waals surface area contributed by atoms with Crippen molar-refractivity contribution < 1.29 is 9.53 Å². The van der Waals surface area contributed by atoms with Gasteiger partial charge in [0, 0.05) is 6.54 Å². The van der Waals surface area contributed by atoms with Gasteiger partial charge in [0.2, 0.25) is 0 Å². The number of aryl methyl sites for hydroxylation is 1. The molecule has 3 nitrogen and oxygen atoms in total. The van der Waals surface area contributed by atoms with Gasteiger partial charge in [-0.25, -0.2) is 4.79 Å². The van der Waals surface area contributed by atoms with Crippen LogP contribution in [0.4, 0.5) is 0 Å². The van der Waals surface area contributed by atoms with Gasteiger partial charge in [-0.15, -0.1) is 0 Å². The molecule has 0 saturated heterocycles. The normalized spacial score (nSPS) is 18.7. The molecule has 2 rings (SSSR count). The summed E-state index contributed by atoms with van der Waals surface area (Å²) in [5.41, 5.74) is 3.75. The summed E-state index contributed by atoms with van der Waals surface area (Å²) >= 11 is 0. The Morgan fingerprint density at radius 2 is 2.44 bits per heavy atom. The molecule has 1 atom stereocenters. The average molecular weight is 217 g/mol. The van der Waals surface area contributed by atoms with Crippen molar-refractivity contribution in [3.63, 3.8) is 0 Å². The molecule has 1 unspecified atom stereocenters. The van der Waals surface area contributed by atoms with E-state index < -0.39 is 0 Å². The van der Waals surface area contributed by atoms with Gasteiger partial charge in [0.25, 0.3) is 0 Å². The maximum Gasteiger partial charge on any atom is 0.328 e. The van der Waals surface area contributed by atoms with Crippen molar-refractivity contribution in [1.82, 2.24) is 5.32 Å². The number of carbonyl (C=O) groups is 1. The lowest BCUT2D eigenvalue weighted by Crippen LogP contribution is -2.42. The zero-order chi connectivity index (χ0) is 11.5. The molecule has 1 aromatic rings. The molecule has 1 aromatic carbocycles. The summed E-state index contributed by atoms with van der Waals surface area (Å²) in [4.78, 5) is 11.6. The van der Waals surface area contributed by atoms with Crippen LogP contribution in [0.3, 0.4) is 0 Å². The van der Waals surface area contributed by atoms with E-state index in [4.69, 9.17) is 4.74 Å². The van der Waals surface area contributed by atoms with Gasteiger partial charge in [0.1, 0.15) is 6.04 Å². The van der Waals surface area contributed by atoms with E-state index in [9.17, 15) is 4.79 Å². The van der Waals surface area contributed by atoms with Crippen molar-refractivity contribution >= 4 is 5.97 Å². The van der Waals surface area contributed by atoms with Crippen LogP contribution in [0.25, 0.3) is 0 Å². The fourth-order valence-electron chi connectivity index (χ4n) is 2.06. The van der Waals surface area contributed by atoms with Gasteiger partial charge in [0.15, 0.2) is 0 Å². The van der Waals surface area contributed by atoms with Gasteiger partial charge in [0.05, 0.1) is 6.26 Å². The van der Waals surface area contributed by atoms with Gasteiger partial charge in [-0.1, -0.05) is 24.8 Å². The predicted molar refractivity (Wildman–Crippen MR) is 61.8 cm³/mol. The highest BCUT2D eigenvalue weighted by Gasteiger charge is 2.25. The number of rotatable bonds is 2. The number of carbonyl (C=O) groups excluding carboxylic acids is 1. The standard InChI is InChI=1S/C13H15NO2/c1-3-16-13(15)12-7-11-9(2)5-4-6-10(11)8-14-12/h3-6,12,14H,1,7-8H2,2H3. The highest BCUT2D eigenvalue weighted by atomic mass is 16.5. The van der Waals surface area contributed by atoms with Crippen LogP contribution in [0.2, 0.25) is 0 Å². The van der Waals surface area contributed by atoms with Gasteiger partial charge in [-0.2, -0.15) is 0 Å². The molecule has 1 N–H and O–H groups in total. The molecule has 0 aromatic heterocycles. The van der Waals surface area contributed by atoms with E-state index in [1.807, 2.05) is 6.07 Å². The third kappa shape index (κ3) is 1.99. The third-order valence-corrected chi connectivity index (χ3v) is 2.94. The van der Waals surface area contributed by atoms with Crippen LogP contribution in [0.5, 0.6) is 0 Å². The van der Waals surface area contributed by atoms with Crippen LogP contribution in [0.15, 0.2) is 31.0 Å². The number of nitrogens with one attached hydrogen (secondary N) is 1. The Morgan fingerprint density at radius 1 is 1.62 bits per heavy atom. The predicted octanol–water partition coefficient (Wildman–Crippen LogP) is 1.70. The Bertz CT molecular complexity index is 426. The number of benzene rings is 1. The van der Waals surface area contributed by atoms with Gasteiger partial charge in [-0.3, -0.25) is 5.32 Å². The molecule has 0 saturated carbocycles. The first-order valence-electron chi connectivity index (χ1n) is 5.34. The number of ether oxygens (including phenoxy) is 1. The monoisotopic (exact) mass is 217 g/mol. The number of fused-ring (bicyclic) bond motifs is 1. The second-order valence-corrected chi connectivity index (χ2v) is 3.95. The first-order chi connectivity index (χ1) is 7.72. The van der Waals surface area contributed by atoms with E-state index in [2.05, 4.69) is 31.0 Å². The highest BCUT2D eigenvalue weighted by molar-refractivity contribution is 5.77. The van der Waals surface area contributed by atoms with Crippen LogP contribution in [-0.2, 0) is 22.5 Å². The number of hydrogen-bond donors (Lipinski definition) is 1. The van der Waals surface area contributed by atoms with E-state index in [0.717, 1.165) is 0 Å². The zero-order valence-corrected chi connectivity index (χ0v) is 9.32. The molecule has 0 bridgehead atoms. The number of hydrogen-bond acceptors (Lipinski definition) is 3. The Balaban J connectivity index is 2.20. The van der Waals surface area contributed by atoms with E-state index in [1.54, 1.807) is 0 Å². The lowest BCUT2D eigenvalue weighted by molar-refractivity contribution is -0.140. The third-order valence-electron chi connectivity index (χ3n) is 2.94. The summed E-state index contributed by atoms with van der Waals surface area (Å²) in [6, 6.07) is 5.94. The minimum Gasteiger partial charge on any atom is -0.434 e. The molecular formula is C13H15NO2. The van der Waals surface area contributed by atoms with Crippen molar-refractivity contribution in [2.75, 3.05) is 0 Å². The maximum atomic E-state index is 11.6. The second-order valence-electron chi connectivity index (χ2n) is 3.95. The van der Waals surface area contributed by atoms with Crippen molar-refractivity contribution in [3.8, 4) is 0 Å². The smallest absolute Gasteiger partial charge is 0.328 e. The van der Waals surface area contributed by atoms with Crippen molar-refractivity contribution in [1.29, 1.82) is 0 Å². The molecule has 0 aliphatic carbocycles.